The highest BCUT2D eigenvalue weighted by atomic mass is 19.1. The first-order chi connectivity index (χ1) is 23.4. The van der Waals surface area contributed by atoms with Gasteiger partial charge in [-0.1, -0.05) is 13.0 Å². The summed E-state index contributed by atoms with van der Waals surface area (Å²) in [5.74, 6) is -1.45. The molecule has 1 fully saturated rings. The number of fused-ring (bicyclic) bond motifs is 1. The van der Waals surface area contributed by atoms with Gasteiger partial charge in [-0.15, -0.1) is 0 Å². The van der Waals surface area contributed by atoms with Gasteiger partial charge in [0.05, 0.1) is 18.0 Å². The molecule has 1 unspecified atom stereocenters. The third-order valence-electron chi connectivity index (χ3n) is 9.44. The summed E-state index contributed by atoms with van der Waals surface area (Å²) in [6, 6.07) is 8.56. The van der Waals surface area contributed by atoms with E-state index < -0.39 is 28.5 Å². The normalized spacial score (nSPS) is 15.4. The van der Waals surface area contributed by atoms with Gasteiger partial charge >= 0.3 is 11.7 Å². The molecule has 0 radical (unpaired) electrons. The molecule has 0 bridgehead atoms. The molecule has 2 aromatic heterocycles. The fraction of sp³-hybridized carbons (Fsp3) is 0.444. The van der Waals surface area contributed by atoms with E-state index in [2.05, 4.69) is 22.1 Å². The summed E-state index contributed by atoms with van der Waals surface area (Å²) < 4.78 is 24.5. The zero-order valence-corrected chi connectivity index (χ0v) is 28.8. The predicted molar refractivity (Wildman–Crippen MR) is 190 cm³/mol. The second-order valence-corrected chi connectivity index (χ2v) is 12.8. The molecule has 4 aromatic rings. The lowest BCUT2D eigenvalue weighted by atomic mass is 10.1. The molecule has 1 aliphatic rings. The van der Waals surface area contributed by atoms with Gasteiger partial charge in [0.25, 0.3) is 5.56 Å². The number of aryl methyl sites for hydroxylation is 3. The molecule has 1 aliphatic heterocycles. The van der Waals surface area contributed by atoms with Crippen LogP contribution in [0.25, 0.3) is 10.9 Å². The van der Waals surface area contributed by atoms with Crippen LogP contribution in [0.4, 0.5) is 21.6 Å². The number of H-pyrrole nitrogens is 1. The number of carboxylic acid groups (broad SMARTS) is 1. The van der Waals surface area contributed by atoms with Crippen LogP contribution in [0.5, 0.6) is 5.75 Å². The van der Waals surface area contributed by atoms with Gasteiger partial charge < -0.3 is 24.6 Å². The van der Waals surface area contributed by atoms with E-state index >= 15 is 4.39 Å². The Morgan fingerprint density at radius 3 is 2.47 bits per heavy atom. The highest BCUT2D eigenvalue weighted by Gasteiger charge is 2.28. The van der Waals surface area contributed by atoms with Crippen molar-refractivity contribution < 1.29 is 19.0 Å². The number of aromatic nitrogens is 3. The van der Waals surface area contributed by atoms with Crippen LogP contribution in [0.15, 0.2) is 50.9 Å². The molecule has 3 heterocycles. The maximum atomic E-state index is 15.9. The number of ether oxygens (including phenoxy) is 1. The van der Waals surface area contributed by atoms with E-state index in [4.69, 9.17) is 4.74 Å². The molecule has 262 valence electrons. The topological polar surface area (TPSA) is 142 Å². The number of nitrogens with one attached hydrogen (secondary N) is 2. The Hall–Kier alpha value is -4.91. The maximum Gasteiger partial charge on any atom is 0.341 e. The fourth-order valence-corrected chi connectivity index (χ4v) is 6.57. The van der Waals surface area contributed by atoms with Crippen LogP contribution in [-0.2, 0) is 13.1 Å². The molecule has 1 saturated heterocycles. The summed E-state index contributed by atoms with van der Waals surface area (Å²) in [7, 11) is 1.43. The molecule has 12 nitrogen and oxygen atoms in total. The molecule has 2 aromatic carbocycles. The van der Waals surface area contributed by atoms with Gasteiger partial charge in [0.1, 0.15) is 17.1 Å². The smallest absolute Gasteiger partial charge is 0.341 e. The quantitative estimate of drug-likeness (QED) is 0.180. The lowest BCUT2D eigenvalue weighted by molar-refractivity contribution is 0.0694. The van der Waals surface area contributed by atoms with E-state index in [0.717, 1.165) is 42.3 Å². The standard InChI is InChI=1S/C36H45FN6O6/c1-6-12-42-21-27(35(46)47)33(45)26-19-28(37)32(34(49-5)31(26)42)41-15-11-24(4)40(16-17-41)13-7-8-14-43-30(44)20-29(39-36(43)48)38-25-10-9-22(2)23(3)18-25/h9-10,18-21,24,38H,6-8,11-17H2,1-5H3,(H,39,48)(H,46,47). The van der Waals surface area contributed by atoms with Crippen molar-refractivity contribution in [2.45, 2.75) is 72.5 Å². The number of halogens is 1. The zero-order chi connectivity index (χ0) is 35.4. The van der Waals surface area contributed by atoms with Gasteiger partial charge in [0, 0.05) is 56.7 Å². The predicted octanol–water partition coefficient (Wildman–Crippen LogP) is 4.85. The molecule has 0 saturated carbocycles. The molecule has 0 aliphatic carbocycles. The van der Waals surface area contributed by atoms with Crippen molar-refractivity contribution in [3.63, 3.8) is 0 Å². The van der Waals surface area contributed by atoms with Gasteiger partial charge in [-0.25, -0.2) is 14.0 Å². The molecule has 1 atom stereocenters. The van der Waals surface area contributed by atoms with E-state index in [1.807, 2.05) is 43.9 Å². The van der Waals surface area contributed by atoms with E-state index in [-0.39, 0.29) is 35.0 Å². The monoisotopic (exact) mass is 676 g/mol. The van der Waals surface area contributed by atoms with E-state index in [1.54, 1.807) is 4.57 Å². The molecule has 0 spiro atoms. The number of nitrogens with zero attached hydrogens (tertiary/aromatic N) is 4. The first kappa shape index (κ1) is 35.4. The number of carboxylic acids is 1. The van der Waals surface area contributed by atoms with Gasteiger partial charge in [-0.2, -0.15) is 0 Å². The highest BCUT2D eigenvalue weighted by Crippen LogP contribution is 2.39. The minimum Gasteiger partial charge on any atom is -0.492 e. The van der Waals surface area contributed by atoms with Crippen LogP contribution in [0, 0.1) is 19.7 Å². The number of carbonyl (C=O) groups is 1. The second-order valence-electron chi connectivity index (χ2n) is 12.8. The average Bonchev–Trinajstić information content (AvgIpc) is 3.23. The molecule has 49 heavy (non-hydrogen) atoms. The van der Waals surface area contributed by atoms with Crippen molar-refractivity contribution in [1.82, 2.24) is 19.0 Å². The number of benzene rings is 2. The van der Waals surface area contributed by atoms with Crippen LogP contribution in [-0.4, -0.2) is 69.4 Å². The fourth-order valence-electron chi connectivity index (χ4n) is 6.57. The first-order valence-corrected chi connectivity index (χ1v) is 16.8. The summed E-state index contributed by atoms with van der Waals surface area (Å²) in [4.78, 5) is 57.5. The molecule has 13 heteroatoms. The summed E-state index contributed by atoms with van der Waals surface area (Å²) in [6.45, 7) is 11.2. The summed E-state index contributed by atoms with van der Waals surface area (Å²) >= 11 is 0. The van der Waals surface area contributed by atoms with Crippen molar-refractivity contribution in [3.8, 4) is 5.75 Å². The summed E-state index contributed by atoms with van der Waals surface area (Å²) in [5, 5.41) is 12.7. The number of aromatic amines is 1. The number of unbranched alkanes of at least 4 members (excludes halogenated alkanes) is 1. The van der Waals surface area contributed by atoms with Crippen molar-refractivity contribution in [1.29, 1.82) is 0 Å². The maximum absolute atomic E-state index is 15.9. The van der Waals surface area contributed by atoms with Gasteiger partial charge in [-0.3, -0.25) is 24.0 Å². The third kappa shape index (κ3) is 7.56. The minimum atomic E-state index is -1.36. The van der Waals surface area contributed by atoms with Gasteiger partial charge in [-0.05, 0) is 82.3 Å². The Morgan fingerprint density at radius 1 is 1.04 bits per heavy atom. The van der Waals surface area contributed by atoms with Gasteiger partial charge in [0.15, 0.2) is 11.6 Å². The highest BCUT2D eigenvalue weighted by molar-refractivity contribution is 5.97. The Morgan fingerprint density at radius 2 is 1.80 bits per heavy atom. The molecular formula is C36H45FN6O6. The lowest BCUT2D eigenvalue weighted by Crippen LogP contribution is -2.37. The number of pyridine rings is 1. The van der Waals surface area contributed by atoms with Crippen LogP contribution < -0.4 is 31.6 Å². The summed E-state index contributed by atoms with van der Waals surface area (Å²) in [6.07, 6.45) is 4.10. The summed E-state index contributed by atoms with van der Waals surface area (Å²) in [5.41, 5.74) is 1.68. The van der Waals surface area contributed by atoms with Crippen LogP contribution in [0.2, 0.25) is 0 Å². The number of aromatic carboxylic acids is 1. The minimum absolute atomic E-state index is 0.0264. The number of methoxy groups -OCH3 is 1. The Labute approximate surface area is 283 Å². The molecule has 5 rings (SSSR count). The molecule has 0 amide bonds. The Balaban J connectivity index is 1.26. The molecule has 3 N–H and O–H groups in total. The SMILES string of the molecule is CCCn1cc(C(=O)O)c(=O)c2cc(F)c(N3CCC(C)N(CCCCn4c(=O)cc(Nc5ccc(C)c(C)c5)[nH]c4=O)CC3)c(OC)c21. The first-order valence-electron chi connectivity index (χ1n) is 16.8. The Bertz CT molecular complexity index is 2000. The van der Waals surface area contributed by atoms with Gasteiger partial charge in [0.2, 0.25) is 5.43 Å². The number of rotatable bonds is 12. The number of anilines is 3. The van der Waals surface area contributed by atoms with Crippen LogP contribution >= 0.6 is 0 Å². The van der Waals surface area contributed by atoms with Crippen molar-refractivity contribution in [2.24, 2.45) is 0 Å². The van der Waals surface area contributed by atoms with Crippen LogP contribution in [0.3, 0.4) is 0 Å². The van der Waals surface area contributed by atoms with E-state index in [1.165, 1.54) is 23.9 Å². The van der Waals surface area contributed by atoms with Crippen molar-refractivity contribution in [3.05, 3.63) is 90.1 Å². The number of hydrogen-bond acceptors (Lipinski definition) is 8. The van der Waals surface area contributed by atoms with Crippen molar-refractivity contribution >= 4 is 34.1 Å². The van der Waals surface area contributed by atoms with E-state index in [0.29, 0.717) is 50.4 Å². The largest absolute Gasteiger partial charge is 0.492 e. The van der Waals surface area contributed by atoms with Crippen LogP contribution in [0.1, 0.15) is 61.0 Å². The van der Waals surface area contributed by atoms with E-state index in [9.17, 15) is 24.3 Å². The molecular weight excluding hydrogens is 631 g/mol. The zero-order valence-electron chi connectivity index (χ0n) is 28.8. The third-order valence-corrected chi connectivity index (χ3v) is 9.44. The second kappa shape index (κ2) is 15.1. The van der Waals surface area contributed by atoms with Crippen molar-refractivity contribution in [2.75, 3.05) is 43.5 Å². The average molecular weight is 677 g/mol. The number of hydrogen-bond donors (Lipinski definition) is 3. The lowest BCUT2D eigenvalue weighted by Gasteiger charge is -2.28. The Kier molecular flexibility index (Phi) is 10.9.